The van der Waals surface area contributed by atoms with E-state index in [1.54, 1.807) is 6.92 Å². The minimum Gasteiger partial charge on any atom is -0.454 e. The number of hydrogen-bond donors (Lipinski definition) is 1. The molecule has 1 unspecified atom stereocenters. The van der Waals surface area contributed by atoms with E-state index in [-0.39, 0.29) is 12.8 Å². The van der Waals surface area contributed by atoms with Crippen LogP contribution in [0.3, 0.4) is 0 Å². The first kappa shape index (κ1) is 13.8. The van der Waals surface area contributed by atoms with E-state index in [4.69, 9.17) is 9.47 Å². The topological polar surface area (TPSA) is 30.5 Å². The van der Waals surface area contributed by atoms with Gasteiger partial charge in [-0.25, -0.2) is 8.78 Å². The third-order valence-electron chi connectivity index (χ3n) is 3.47. The second-order valence-corrected chi connectivity index (χ2v) is 4.96. The number of hydrogen-bond acceptors (Lipinski definition) is 3. The van der Waals surface area contributed by atoms with Crippen LogP contribution in [0.25, 0.3) is 0 Å². The monoisotopic (exact) mass is 291 g/mol. The summed E-state index contributed by atoms with van der Waals surface area (Å²) in [7, 11) is 0. The smallest absolute Gasteiger partial charge is 0.231 e. The molecule has 1 aliphatic heterocycles. The second-order valence-electron chi connectivity index (χ2n) is 4.96. The average Bonchev–Trinajstić information content (AvgIpc) is 2.94. The molecule has 0 spiro atoms. The number of rotatable bonds is 4. The van der Waals surface area contributed by atoms with Crippen LogP contribution in [-0.2, 0) is 6.54 Å². The lowest BCUT2D eigenvalue weighted by atomic mass is 10.1. The molecule has 0 saturated carbocycles. The Kier molecular flexibility index (Phi) is 3.75. The van der Waals surface area contributed by atoms with Crippen molar-refractivity contribution in [2.24, 2.45) is 0 Å². The van der Waals surface area contributed by atoms with Gasteiger partial charge in [0.2, 0.25) is 6.79 Å². The van der Waals surface area contributed by atoms with Gasteiger partial charge >= 0.3 is 0 Å². The lowest BCUT2D eigenvalue weighted by Crippen LogP contribution is -2.19. The fourth-order valence-electron chi connectivity index (χ4n) is 2.28. The first-order valence-corrected chi connectivity index (χ1v) is 6.70. The zero-order chi connectivity index (χ0) is 14.8. The number of halogens is 2. The molecule has 3 rings (SSSR count). The fourth-order valence-corrected chi connectivity index (χ4v) is 2.28. The summed E-state index contributed by atoms with van der Waals surface area (Å²) in [6, 6.07) is 8.80. The van der Waals surface area contributed by atoms with Crippen LogP contribution in [-0.4, -0.2) is 6.79 Å². The molecule has 0 radical (unpaired) electrons. The zero-order valence-electron chi connectivity index (χ0n) is 11.5. The van der Waals surface area contributed by atoms with E-state index in [1.807, 2.05) is 18.2 Å². The van der Waals surface area contributed by atoms with Gasteiger partial charge in [0, 0.05) is 18.2 Å². The van der Waals surface area contributed by atoms with Crippen molar-refractivity contribution >= 4 is 0 Å². The Balaban J connectivity index is 1.68. The second kappa shape index (κ2) is 5.69. The molecule has 110 valence electrons. The zero-order valence-corrected chi connectivity index (χ0v) is 11.5. The van der Waals surface area contributed by atoms with Crippen LogP contribution in [0.15, 0.2) is 36.4 Å². The highest BCUT2D eigenvalue weighted by Crippen LogP contribution is 2.32. The molecule has 1 N–H and O–H groups in total. The van der Waals surface area contributed by atoms with Crippen LogP contribution >= 0.6 is 0 Å². The maximum absolute atomic E-state index is 13.7. The van der Waals surface area contributed by atoms with E-state index >= 15 is 0 Å². The molecule has 1 aliphatic rings. The number of benzene rings is 2. The maximum Gasteiger partial charge on any atom is 0.231 e. The Morgan fingerprint density at radius 1 is 1.10 bits per heavy atom. The lowest BCUT2D eigenvalue weighted by molar-refractivity contribution is 0.174. The molecule has 0 fully saturated rings. The van der Waals surface area contributed by atoms with Crippen LogP contribution < -0.4 is 14.8 Å². The average molecular weight is 291 g/mol. The van der Waals surface area contributed by atoms with E-state index in [0.29, 0.717) is 17.9 Å². The van der Waals surface area contributed by atoms with Crippen molar-refractivity contribution < 1.29 is 18.3 Å². The van der Waals surface area contributed by atoms with E-state index in [9.17, 15) is 8.78 Å². The van der Waals surface area contributed by atoms with Crippen molar-refractivity contribution in [3.63, 3.8) is 0 Å². The quantitative estimate of drug-likeness (QED) is 0.934. The summed E-state index contributed by atoms with van der Waals surface area (Å²) < 4.78 is 37.4. The molecule has 2 aromatic carbocycles. The van der Waals surface area contributed by atoms with Crippen LogP contribution in [0, 0.1) is 11.6 Å². The third-order valence-corrected chi connectivity index (χ3v) is 3.47. The van der Waals surface area contributed by atoms with Crippen LogP contribution in [0.2, 0.25) is 0 Å². The van der Waals surface area contributed by atoms with Crippen LogP contribution in [0.5, 0.6) is 11.5 Å². The van der Waals surface area contributed by atoms with Crippen LogP contribution in [0.4, 0.5) is 8.78 Å². The number of nitrogens with one attached hydrogen (secondary N) is 1. The van der Waals surface area contributed by atoms with Gasteiger partial charge in [-0.15, -0.1) is 0 Å². The van der Waals surface area contributed by atoms with Crippen molar-refractivity contribution in [3.05, 3.63) is 59.2 Å². The van der Waals surface area contributed by atoms with Gasteiger partial charge in [-0.05, 0) is 42.8 Å². The van der Waals surface area contributed by atoms with Gasteiger partial charge < -0.3 is 14.8 Å². The molecule has 0 aromatic heterocycles. The van der Waals surface area contributed by atoms with Crippen molar-refractivity contribution in [1.29, 1.82) is 0 Å². The fraction of sp³-hybridized carbons (Fsp3) is 0.250. The van der Waals surface area contributed by atoms with Gasteiger partial charge in [-0.2, -0.15) is 0 Å². The Bertz CT molecular complexity index is 661. The summed E-state index contributed by atoms with van der Waals surface area (Å²) in [5.74, 6) is 0.576. The lowest BCUT2D eigenvalue weighted by Gasteiger charge is -2.15. The molecule has 0 saturated heterocycles. The summed E-state index contributed by atoms with van der Waals surface area (Å²) in [6.45, 7) is 2.55. The van der Waals surface area contributed by atoms with Gasteiger partial charge in [0.15, 0.2) is 11.5 Å². The summed E-state index contributed by atoms with van der Waals surface area (Å²) in [6.07, 6.45) is 0. The van der Waals surface area contributed by atoms with E-state index in [1.165, 1.54) is 6.07 Å². The van der Waals surface area contributed by atoms with Gasteiger partial charge in [0.1, 0.15) is 11.6 Å². The predicted molar refractivity (Wildman–Crippen MR) is 74.2 cm³/mol. The summed E-state index contributed by atoms with van der Waals surface area (Å²) in [4.78, 5) is 0. The maximum atomic E-state index is 13.7. The Morgan fingerprint density at radius 2 is 1.90 bits per heavy atom. The SMILES string of the molecule is CC(NCc1ccc2c(c1)OCO2)c1cc(F)ccc1F. The molecule has 1 atom stereocenters. The van der Waals surface area contributed by atoms with Gasteiger partial charge in [0.05, 0.1) is 0 Å². The van der Waals surface area contributed by atoms with Gasteiger partial charge in [-0.1, -0.05) is 6.07 Å². The predicted octanol–water partition coefficient (Wildman–Crippen LogP) is 3.54. The molecule has 0 bridgehead atoms. The first-order chi connectivity index (χ1) is 10.1. The highest BCUT2D eigenvalue weighted by molar-refractivity contribution is 5.44. The Hall–Kier alpha value is -2.14. The number of fused-ring (bicyclic) bond motifs is 1. The van der Waals surface area contributed by atoms with E-state index < -0.39 is 11.6 Å². The standard InChI is InChI=1S/C16H15F2NO2/c1-10(13-7-12(17)3-4-14(13)18)19-8-11-2-5-15-16(6-11)21-9-20-15/h2-7,10,19H,8-9H2,1H3. The van der Waals surface area contributed by atoms with Crippen molar-refractivity contribution in [3.8, 4) is 11.5 Å². The molecular formula is C16H15F2NO2. The highest BCUT2D eigenvalue weighted by atomic mass is 19.1. The molecular weight excluding hydrogens is 276 g/mol. The molecule has 3 nitrogen and oxygen atoms in total. The summed E-state index contributed by atoms with van der Waals surface area (Å²) in [5.41, 5.74) is 1.30. The number of ether oxygens (including phenoxy) is 2. The molecule has 21 heavy (non-hydrogen) atoms. The largest absolute Gasteiger partial charge is 0.454 e. The van der Waals surface area contributed by atoms with Crippen molar-refractivity contribution in [2.75, 3.05) is 6.79 Å². The van der Waals surface area contributed by atoms with Crippen molar-refractivity contribution in [1.82, 2.24) is 5.32 Å². The minimum absolute atomic E-state index is 0.233. The van der Waals surface area contributed by atoms with Crippen LogP contribution in [0.1, 0.15) is 24.1 Å². The first-order valence-electron chi connectivity index (χ1n) is 6.70. The van der Waals surface area contributed by atoms with E-state index in [0.717, 1.165) is 23.4 Å². The Morgan fingerprint density at radius 3 is 2.76 bits per heavy atom. The molecule has 2 aromatic rings. The molecule has 1 heterocycles. The Labute approximate surface area is 121 Å². The minimum atomic E-state index is -0.442. The molecule has 0 amide bonds. The highest BCUT2D eigenvalue weighted by Gasteiger charge is 2.15. The normalized spacial score (nSPS) is 14.2. The van der Waals surface area contributed by atoms with E-state index in [2.05, 4.69) is 5.32 Å². The molecule has 5 heteroatoms. The van der Waals surface area contributed by atoms with Gasteiger partial charge in [0.25, 0.3) is 0 Å². The summed E-state index contributed by atoms with van der Waals surface area (Å²) in [5, 5.41) is 3.17. The summed E-state index contributed by atoms with van der Waals surface area (Å²) >= 11 is 0. The third kappa shape index (κ3) is 2.97. The van der Waals surface area contributed by atoms with Gasteiger partial charge in [-0.3, -0.25) is 0 Å². The van der Waals surface area contributed by atoms with Crippen molar-refractivity contribution in [2.45, 2.75) is 19.5 Å². The molecule has 0 aliphatic carbocycles.